The van der Waals surface area contributed by atoms with Crippen LogP contribution in [-0.4, -0.2) is 25.3 Å². The van der Waals surface area contributed by atoms with Crippen LogP contribution in [0.4, 0.5) is 17.3 Å². The number of amides is 1. The van der Waals surface area contributed by atoms with E-state index in [0.29, 0.717) is 5.52 Å². The number of para-hydroxylation sites is 3. The first-order chi connectivity index (χ1) is 14.4. The van der Waals surface area contributed by atoms with E-state index in [9.17, 15) is 25.0 Å². The number of aromatic nitrogens is 2. The smallest absolute Gasteiger partial charge is 0.277 e. The van der Waals surface area contributed by atoms with Gasteiger partial charge in [-0.15, -0.1) is 0 Å². The molecule has 1 aromatic heterocycles. The zero-order valence-corrected chi connectivity index (χ0v) is 15.3. The maximum atomic E-state index is 12.8. The second kappa shape index (κ2) is 7.43. The standard InChI is InChI=1S/C20H13N5O5/c26-19(13-10-15(24(27)28)12-16(11-13)25(29)30)22-20-21-17-8-4-5-9-18(17)23(20)14-6-2-1-3-7-14/h1-12H,(H,21,22,26). The minimum Gasteiger partial charge on any atom is -0.291 e. The predicted octanol–water partition coefficient (Wildman–Crippen LogP) is 4.09. The van der Waals surface area contributed by atoms with Crippen molar-refractivity contribution < 1.29 is 14.6 Å². The lowest BCUT2D eigenvalue weighted by Gasteiger charge is -2.10. The van der Waals surface area contributed by atoms with E-state index in [-0.39, 0.29) is 11.5 Å². The maximum Gasteiger partial charge on any atom is 0.277 e. The Kier molecular flexibility index (Phi) is 4.64. The quantitative estimate of drug-likeness (QED) is 0.394. The first-order valence-corrected chi connectivity index (χ1v) is 8.72. The highest BCUT2D eigenvalue weighted by atomic mass is 16.6. The molecule has 0 aliphatic carbocycles. The van der Waals surface area contributed by atoms with Gasteiger partial charge in [0.2, 0.25) is 5.95 Å². The van der Waals surface area contributed by atoms with Gasteiger partial charge in [0.25, 0.3) is 17.3 Å². The van der Waals surface area contributed by atoms with Gasteiger partial charge in [0.15, 0.2) is 0 Å². The van der Waals surface area contributed by atoms with Gasteiger partial charge in [-0.05, 0) is 24.3 Å². The highest BCUT2D eigenvalue weighted by Crippen LogP contribution is 2.27. The molecule has 0 unspecified atom stereocenters. The van der Waals surface area contributed by atoms with E-state index in [1.165, 1.54) is 0 Å². The van der Waals surface area contributed by atoms with Crippen molar-refractivity contribution in [3.8, 4) is 5.69 Å². The normalized spacial score (nSPS) is 10.7. The summed E-state index contributed by atoms with van der Waals surface area (Å²) in [6.07, 6.45) is 0. The average molecular weight is 403 g/mol. The fourth-order valence-electron chi connectivity index (χ4n) is 3.06. The lowest BCUT2D eigenvalue weighted by molar-refractivity contribution is -0.394. The zero-order valence-electron chi connectivity index (χ0n) is 15.3. The molecule has 1 N–H and O–H groups in total. The van der Waals surface area contributed by atoms with Crippen LogP contribution in [0.3, 0.4) is 0 Å². The number of fused-ring (bicyclic) bond motifs is 1. The predicted molar refractivity (Wildman–Crippen MR) is 109 cm³/mol. The molecule has 3 aromatic carbocycles. The minimum absolute atomic E-state index is 0.182. The van der Waals surface area contributed by atoms with E-state index in [1.807, 2.05) is 42.5 Å². The van der Waals surface area contributed by atoms with Gasteiger partial charge in [-0.2, -0.15) is 0 Å². The fraction of sp³-hybridized carbons (Fsp3) is 0. The second-order valence-corrected chi connectivity index (χ2v) is 6.30. The molecule has 1 amide bonds. The molecular weight excluding hydrogens is 390 g/mol. The van der Waals surface area contributed by atoms with Crippen LogP contribution in [0, 0.1) is 20.2 Å². The summed E-state index contributed by atoms with van der Waals surface area (Å²) in [4.78, 5) is 37.9. The highest BCUT2D eigenvalue weighted by molar-refractivity contribution is 6.05. The van der Waals surface area contributed by atoms with Crippen molar-refractivity contribution in [3.05, 3.63) is 98.6 Å². The molecule has 0 aliphatic rings. The van der Waals surface area contributed by atoms with Crippen LogP contribution in [0.2, 0.25) is 0 Å². The monoisotopic (exact) mass is 403 g/mol. The lowest BCUT2D eigenvalue weighted by atomic mass is 10.1. The molecule has 1 heterocycles. The summed E-state index contributed by atoms with van der Waals surface area (Å²) in [6.45, 7) is 0. The molecule has 10 heteroatoms. The van der Waals surface area contributed by atoms with Crippen molar-refractivity contribution in [1.82, 2.24) is 9.55 Å². The van der Waals surface area contributed by atoms with Crippen molar-refractivity contribution in [3.63, 3.8) is 0 Å². The maximum absolute atomic E-state index is 12.8. The molecule has 10 nitrogen and oxygen atoms in total. The second-order valence-electron chi connectivity index (χ2n) is 6.30. The Labute approximate surface area is 168 Å². The lowest BCUT2D eigenvalue weighted by Crippen LogP contribution is -2.16. The van der Waals surface area contributed by atoms with Crippen molar-refractivity contribution >= 4 is 34.3 Å². The van der Waals surface area contributed by atoms with Gasteiger partial charge in [-0.25, -0.2) is 4.98 Å². The van der Waals surface area contributed by atoms with Gasteiger partial charge in [0.05, 0.1) is 32.5 Å². The van der Waals surface area contributed by atoms with Crippen LogP contribution >= 0.6 is 0 Å². The summed E-state index contributed by atoms with van der Waals surface area (Å²) < 4.78 is 1.72. The van der Waals surface area contributed by atoms with Crippen molar-refractivity contribution in [1.29, 1.82) is 0 Å². The Balaban J connectivity index is 1.79. The molecule has 30 heavy (non-hydrogen) atoms. The number of nitrogens with zero attached hydrogens (tertiary/aromatic N) is 4. The number of nitrogens with one attached hydrogen (secondary N) is 1. The molecule has 0 radical (unpaired) electrons. The molecule has 0 saturated heterocycles. The Morgan fingerprint density at radius 2 is 1.47 bits per heavy atom. The molecular formula is C20H13N5O5. The number of nitro benzene ring substituents is 2. The first-order valence-electron chi connectivity index (χ1n) is 8.72. The summed E-state index contributed by atoms with van der Waals surface area (Å²) in [5.74, 6) is -0.573. The summed E-state index contributed by atoms with van der Waals surface area (Å²) in [6, 6.07) is 19.2. The minimum atomic E-state index is -0.789. The molecule has 0 fully saturated rings. The van der Waals surface area contributed by atoms with Crippen molar-refractivity contribution in [2.75, 3.05) is 5.32 Å². The Bertz CT molecular complexity index is 1270. The zero-order chi connectivity index (χ0) is 21.3. The van der Waals surface area contributed by atoms with E-state index < -0.39 is 27.1 Å². The summed E-state index contributed by atoms with van der Waals surface area (Å²) in [5.41, 5.74) is 0.789. The topological polar surface area (TPSA) is 133 Å². The number of non-ortho nitro benzene ring substituents is 2. The van der Waals surface area contributed by atoms with Crippen LogP contribution in [0.1, 0.15) is 10.4 Å². The van der Waals surface area contributed by atoms with E-state index in [4.69, 9.17) is 0 Å². The van der Waals surface area contributed by atoms with Gasteiger partial charge in [0.1, 0.15) is 0 Å². The van der Waals surface area contributed by atoms with Crippen molar-refractivity contribution in [2.24, 2.45) is 0 Å². The molecule has 0 bridgehead atoms. The molecule has 0 saturated carbocycles. The van der Waals surface area contributed by atoms with Crippen molar-refractivity contribution in [2.45, 2.75) is 0 Å². The van der Waals surface area contributed by atoms with E-state index >= 15 is 0 Å². The molecule has 0 aliphatic heterocycles. The fourth-order valence-corrected chi connectivity index (χ4v) is 3.06. The Morgan fingerprint density at radius 3 is 2.10 bits per heavy atom. The van der Waals surface area contributed by atoms with Gasteiger partial charge >= 0.3 is 0 Å². The number of carbonyl (C=O) groups excluding carboxylic acids is 1. The van der Waals surface area contributed by atoms with Gasteiger partial charge < -0.3 is 0 Å². The number of nitro groups is 2. The third-order valence-corrected chi connectivity index (χ3v) is 4.39. The van der Waals surface area contributed by atoms with Crippen LogP contribution in [0.25, 0.3) is 16.7 Å². The number of benzene rings is 3. The summed E-state index contributed by atoms with van der Waals surface area (Å²) in [7, 11) is 0. The van der Waals surface area contributed by atoms with Crippen LogP contribution in [0.15, 0.2) is 72.8 Å². The Morgan fingerprint density at radius 1 is 0.867 bits per heavy atom. The van der Waals surface area contributed by atoms with E-state index in [0.717, 1.165) is 29.4 Å². The van der Waals surface area contributed by atoms with Crippen LogP contribution in [-0.2, 0) is 0 Å². The summed E-state index contributed by atoms with van der Waals surface area (Å²) >= 11 is 0. The SMILES string of the molecule is O=C(Nc1nc2ccccc2n1-c1ccccc1)c1cc([N+](=O)[O-])cc([N+](=O)[O-])c1. The number of hydrogen-bond donors (Lipinski definition) is 1. The first kappa shape index (κ1) is 18.7. The van der Waals surface area contributed by atoms with Crippen LogP contribution in [0.5, 0.6) is 0 Å². The molecule has 4 rings (SSSR count). The third-order valence-electron chi connectivity index (χ3n) is 4.39. The summed E-state index contributed by atoms with van der Waals surface area (Å²) in [5, 5.41) is 24.8. The molecule has 4 aromatic rings. The van der Waals surface area contributed by atoms with Gasteiger partial charge in [-0.3, -0.25) is 34.9 Å². The van der Waals surface area contributed by atoms with Gasteiger partial charge in [-0.1, -0.05) is 30.3 Å². The third kappa shape index (κ3) is 3.44. The van der Waals surface area contributed by atoms with E-state index in [1.54, 1.807) is 16.7 Å². The largest absolute Gasteiger partial charge is 0.291 e. The Hall–Kier alpha value is -4.60. The molecule has 148 valence electrons. The average Bonchev–Trinajstić information content (AvgIpc) is 3.11. The van der Waals surface area contributed by atoms with E-state index in [2.05, 4.69) is 10.3 Å². The highest BCUT2D eigenvalue weighted by Gasteiger charge is 2.22. The number of anilines is 1. The molecule has 0 spiro atoms. The molecule has 0 atom stereocenters. The number of imidazole rings is 1. The number of hydrogen-bond acceptors (Lipinski definition) is 6. The number of rotatable bonds is 5. The van der Waals surface area contributed by atoms with Gasteiger partial charge in [0, 0.05) is 17.8 Å². The van der Waals surface area contributed by atoms with Crippen LogP contribution < -0.4 is 5.32 Å². The number of carbonyl (C=O) groups is 1.